The van der Waals surface area contributed by atoms with Crippen LogP contribution in [0.3, 0.4) is 0 Å². The van der Waals surface area contributed by atoms with E-state index in [1.807, 2.05) is 13.0 Å². The summed E-state index contributed by atoms with van der Waals surface area (Å²) in [6.07, 6.45) is 0.823. The SMILES string of the molecule is CC[C@H](N)c1cc(Br)ccc1O.Cl. The highest BCUT2D eigenvalue weighted by atomic mass is 79.9. The van der Waals surface area contributed by atoms with Crippen molar-refractivity contribution in [1.29, 1.82) is 0 Å². The standard InChI is InChI=1S/C9H12BrNO.ClH/c1-2-8(11)7-5-6(10)3-4-9(7)12;/h3-5,8,12H,2,11H2,1H3;1H/t8-;/m0./s1. The predicted octanol–water partition coefficient (Wildman–Crippen LogP) is 2.99. The van der Waals surface area contributed by atoms with Crippen molar-refractivity contribution in [3.63, 3.8) is 0 Å². The van der Waals surface area contributed by atoms with Gasteiger partial charge in [-0.15, -0.1) is 12.4 Å². The molecule has 0 aliphatic heterocycles. The summed E-state index contributed by atoms with van der Waals surface area (Å²) in [4.78, 5) is 0. The fourth-order valence-corrected chi connectivity index (χ4v) is 1.42. The van der Waals surface area contributed by atoms with Crippen molar-refractivity contribution in [2.24, 2.45) is 5.73 Å². The highest BCUT2D eigenvalue weighted by Crippen LogP contribution is 2.27. The molecular formula is C9H13BrClNO. The van der Waals surface area contributed by atoms with Crippen LogP contribution < -0.4 is 5.73 Å². The third-order valence-electron chi connectivity index (χ3n) is 1.83. The van der Waals surface area contributed by atoms with Crippen LogP contribution >= 0.6 is 28.3 Å². The van der Waals surface area contributed by atoms with E-state index in [1.165, 1.54) is 0 Å². The number of aromatic hydroxyl groups is 1. The first kappa shape index (κ1) is 12.8. The molecule has 0 fully saturated rings. The number of hydrogen-bond acceptors (Lipinski definition) is 2. The molecular weight excluding hydrogens is 253 g/mol. The lowest BCUT2D eigenvalue weighted by molar-refractivity contribution is 0.460. The van der Waals surface area contributed by atoms with Crippen molar-refractivity contribution in [3.05, 3.63) is 28.2 Å². The van der Waals surface area contributed by atoms with Gasteiger partial charge in [0.15, 0.2) is 0 Å². The Labute approximate surface area is 92.7 Å². The van der Waals surface area contributed by atoms with Crippen molar-refractivity contribution >= 4 is 28.3 Å². The van der Waals surface area contributed by atoms with Crippen LogP contribution in [0.15, 0.2) is 22.7 Å². The maximum absolute atomic E-state index is 9.44. The van der Waals surface area contributed by atoms with Crippen molar-refractivity contribution in [1.82, 2.24) is 0 Å². The van der Waals surface area contributed by atoms with Gasteiger partial charge in [-0.05, 0) is 24.6 Å². The molecule has 1 aromatic carbocycles. The minimum absolute atomic E-state index is 0. The first-order valence-electron chi connectivity index (χ1n) is 3.89. The van der Waals surface area contributed by atoms with E-state index in [9.17, 15) is 5.11 Å². The van der Waals surface area contributed by atoms with E-state index < -0.39 is 0 Å². The van der Waals surface area contributed by atoms with E-state index in [0.717, 1.165) is 16.5 Å². The molecule has 0 aliphatic carbocycles. The highest BCUT2D eigenvalue weighted by Gasteiger charge is 2.08. The van der Waals surface area contributed by atoms with Crippen LogP contribution in [0.4, 0.5) is 0 Å². The third kappa shape index (κ3) is 3.18. The number of phenols is 1. The summed E-state index contributed by atoms with van der Waals surface area (Å²) < 4.78 is 0.944. The van der Waals surface area contributed by atoms with Crippen LogP contribution in [0, 0.1) is 0 Å². The molecule has 0 heterocycles. The lowest BCUT2D eigenvalue weighted by atomic mass is 10.0. The second-order valence-corrected chi connectivity index (χ2v) is 3.63. The lowest BCUT2D eigenvalue weighted by Crippen LogP contribution is -2.08. The van der Waals surface area contributed by atoms with Crippen LogP contribution in [0.25, 0.3) is 0 Å². The molecule has 74 valence electrons. The van der Waals surface area contributed by atoms with Gasteiger partial charge in [-0.2, -0.15) is 0 Å². The van der Waals surface area contributed by atoms with Gasteiger partial charge in [-0.3, -0.25) is 0 Å². The van der Waals surface area contributed by atoms with E-state index in [1.54, 1.807) is 12.1 Å². The smallest absolute Gasteiger partial charge is 0.120 e. The summed E-state index contributed by atoms with van der Waals surface area (Å²) >= 11 is 3.33. The molecule has 4 heteroatoms. The molecule has 0 spiro atoms. The Balaban J connectivity index is 0.00000144. The summed E-state index contributed by atoms with van der Waals surface area (Å²) in [5.41, 5.74) is 6.58. The normalized spacial score (nSPS) is 11.9. The first-order chi connectivity index (χ1) is 5.65. The molecule has 0 saturated carbocycles. The fraction of sp³-hybridized carbons (Fsp3) is 0.333. The summed E-state index contributed by atoms with van der Waals surface area (Å²) in [7, 11) is 0. The number of hydrogen-bond donors (Lipinski definition) is 2. The zero-order chi connectivity index (χ0) is 9.14. The summed E-state index contributed by atoms with van der Waals surface area (Å²) in [5, 5.41) is 9.44. The highest BCUT2D eigenvalue weighted by molar-refractivity contribution is 9.10. The lowest BCUT2D eigenvalue weighted by Gasteiger charge is -2.11. The zero-order valence-corrected chi connectivity index (χ0v) is 9.73. The minimum Gasteiger partial charge on any atom is -0.508 e. The zero-order valence-electron chi connectivity index (χ0n) is 7.33. The number of nitrogens with two attached hydrogens (primary N) is 1. The molecule has 0 aliphatic rings. The van der Waals surface area contributed by atoms with E-state index in [-0.39, 0.29) is 24.2 Å². The van der Waals surface area contributed by atoms with Gasteiger partial charge in [0, 0.05) is 16.1 Å². The molecule has 0 aromatic heterocycles. The van der Waals surface area contributed by atoms with E-state index in [0.29, 0.717) is 0 Å². The van der Waals surface area contributed by atoms with Gasteiger partial charge in [0.05, 0.1) is 0 Å². The van der Waals surface area contributed by atoms with E-state index in [2.05, 4.69) is 15.9 Å². The molecule has 0 radical (unpaired) electrons. The predicted molar refractivity (Wildman–Crippen MR) is 60.3 cm³/mol. The van der Waals surface area contributed by atoms with E-state index in [4.69, 9.17) is 5.73 Å². The van der Waals surface area contributed by atoms with Gasteiger partial charge in [0.2, 0.25) is 0 Å². The van der Waals surface area contributed by atoms with Crippen molar-refractivity contribution in [2.75, 3.05) is 0 Å². The number of benzene rings is 1. The maximum Gasteiger partial charge on any atom is 0.120 e. The van der Waals surface area contributed by atoms with Gasteiger partial charge < -0.3 is 10.8 Å². The van der Waals surface area contributed by atoms with Gasteiger partial charge in [0.25, 0.3) is 0 Å². The Morgan fingerprint density at radius 3 is 2.69 bits per heavy atom. The largest absolute Gasteiger partial charge is 0.508 e. The van der Waals surface area contributed by atoms with Gasteiger partial charge in [-0.1, -0.05) is 22.9 Å². The van der Waals surface area contributed by atoms with E-state index >= 15 is 0 Å². The molecule has 0 saturated heterocycles. The monoisotopic (exact) mass is 265 g/mol. The first-order valence-corrected chi connectivity index (χ1v) is 4.68. The second-order valence-electron chi connectivity index (χ2n) is 2.72. The molecule has 1 aromatic rings. The maximum atomic E-state index is 9.44. The Morgan fingerprint density at radius 1 is 1.54 bits per heavy atom. The van der Waals surface area contributed by atoms with Crippen LogP contribution in [-0.4, -0.2) is 5.11 Å². The Hall–Kier alpha value is -0.250. The fourth-order valence-electron chi connectivity index (χ4n) is 1.04. The second kappa shape index (κ2) is 5.47. The van der Waals surface area contributed by atoms with Crippen molar-refractivity contribution < 1.29 is 5.11 Å². The average Bonchev–Trinajstić information content (AvgIpc) is 2.08. The van der Waals surface area contributed by atoms with Crippen LogP contribution in [0.2, 0.25) is 0 Å². The molecule has 13 heavy (non-hydrogen) atoms. The number of rotatable bonds is 2. The third-order valence-corrected chi connectivity index (χ3v) is 2.32. The van der Waals surface area contributed by atoms with Gasteiger partial charge in [0.1, 0.15) is 5.75 Å². The molecule has 1 atom stereocenters. The molecule has 2 nitrogen and oxygen atoms in total. The Kier molecular flexibility index (Phi) is 5.37. The van der Waals surface area contributed by atoms with Crippen molar-refractivity contribution in [3.8, 4) is 5.75 Å². The average molecular weight is 267 g/mol. The number of phenolic OH excluding ortho intramolecular Hbond substituents is 1. The summed E-state index contributed by atoms with van der Waals surface area (Å²) in [6.45, 7) is 1.99. The van der Waals surface area contributed by atoms with Crippen LogP contribution in [0.1, 0.15) is 24.9 Å². The molecule has 0 bridgehead atoms. The van der Waals surface area contributed by atoms with Crippen molar-refractivity contribution in [2.45, 2.75) is 19.4 Å². The van der Waals surface area contributed by atoms with Crippen LogP contribution in [-0.2, 0) is 0 Å². The molecule has 1 rings (SSSR count). The Morgan fingerprint density at radius 2 is 2.15 bits per heavy atom. The quantitative estimate of drug-likeness (QED) is 0.864. The van der Waals surface area contributed by atoms with Gasteiger partial charge in [-0.25, -0.2) is 0 Å². The summed E-state index contributed by atoms with van der Waals surface area (Å²) in [5.74, 6) is 0.271. The molecule has 0 unspecified atom stereocenters. The van der Waals surface area contributed by atoms with Crippen LogP contribution in [0.5, 0.6) is 5.75 Å². The summed E-state index contributed by atoms with van der Waals surface area (Å²) in [6, 6.07) is 5.21. The minimum atomic E-state index is -0.0810. The topological polar surface area (TPSA) is 46.2 Å². The number of halogens is 2. The molecule has 3 N–H and O–H groups in total. The van der Waals surface area contributed by atoms with Gasteiger partial charge >= 0.3 is 0 Å². The molecule has 0 amide bonds. The Bertz CT molecular complexity index is 280.